The van der Waals surface area contributed by atoms with Gasteiger partial charge in [0.1, 0.15) is 5.76 Å². The van der Waals surface area contributed by atoms with Crippen molar-refractivity contribution in [3.05, 3.63) is 23.6 Å². The van der Waals surface area contributed by atoms with E-state index in [0.29, 0.717) is 5.76 Å². The molecule has 1 saturated heterocycles. The summed E-state index contributed by atoms with van der Waals surface area (Å²) in [6.07, 6.45) is 3.51. The summed E-state index contributed by atoms with van der Waals surface area (Å²) in [6.45, 7) is 5.90. The van der Waals surface area contributed by atoms with Crippen molar-refractivity contribution < 1.29 is 5.11 Å². The molecule has 0 saturated carbocycles. The van der Waals surface area contributed by atoms with Crippen LogP contribution in [0.2, 0.25) is 0 Å². The molecule has 0 amide bonds. The van der Waals surface area contributed by atoms with Crippen LogP contribution in [0.25, 0.3) is 0 Å². The first kappa shape index (κ1) is 9.55. The predicted octanol–water partition coefficient (Wildman–Crippen LogP) is -0.179. The summed E-state index contributed by atoms with van der Waals surface area (Å²) in [6, 6.07) is 0. The topological polar surface area (TPSA) is 47.5 Å². The largest absolute Gasteiger partial charge is 0.508 e. The van der Waals surface area contributed by atoms with Gasteiger partial charge in [0.05, 0.1) is 0 Å². The second-order valence-electron chi connectivity index (χ2n) is 3.73. The summed E-state index contributed by atoms with van der Waals surface area (Å²) in [5.74, 6) is 0.433. The van der Waals surface area contributed by atoms with Crippen molar-refractivity contribution in [3.8, 4) is 0 Å². The Bertz CT molecular complexity index is 254. The first-order chi connectivity index (χ1) is 6.86. The molecule has 0 aromatic rings. The third kappa shape index (κ3) is 2.27. The summed E-state index contributed by atoms with van der Waals surface area (Å²) >= 11 is 0. The van der Waals surface area contributed by atoms with Gasteiger partial charge >= 0.3 is 0 Å². The maximum Gasteiger partial charge on any atom is 0.119 e. The Morgan fingerprint density at radius 3 is 2.86 bits per heavy atom. The fourth-order valence-corrected chi connectivity index (χ4v) is 1.80. The Hall–Kier alpha value is -1.00. The highest BCUT2D eigenvalue weighted by atomic mass is 16.3. The molecular weight excluding hydrogens is 178 g/mol. The highest BCUT2D eigenvalue weighted by Crippen LogP contribution is 2.08. The van der Waals surface area contributed by atoms with E-state index in [0.717, 1.165) is 44.8 Å². The van der Waals surface area contributed by atoms with Crippen molar-refractivity contribution in [1.82, 2.24) is 15.5 Å². The van der Waals surface area contributed by atoms with Gasteiger partial charge in [-0.05, 0) is 6.08 Å². The van der Waals surface area contributed by atoms with E-state index in [4.69, 9.17) is 0 Å². The van der Waals surface area contributed by atoms with Gasteiger partial charge in [0, 0.05) is 51.0 Å². The fourth-order valence-electron chi connectivity index (χ4n) is 1.80. The average Bonchev–Trinajstić information content (AvgIpc) is 2.23. The molecule has 0 atom stereocenters. The highest BCUT2D eigenvalue weighted by Gasteiger charge is 2.14. The van der Waals surface area contributed by atoms with E-state index < -0.39 is 0 Å². The molecule has 0 unspecified atom stereocenters. The smallest absolute Gasteiger partial charge is 0.119 e. The van der Waals surface area contributed by atoms with Crippen LogP contribution in [0, 0.1) is 0 Å². The maximum absolute atomic E-state index is 9.61. The Balaban J connectivity index is 1.92. The monoisotopic (exact) mass is 195 g/mol. The van der Waals surface area contributed by atoms with Crippen molar-refractivity contribution in [3.63, 3.8) is 0 Å². The minimum absolute atomic E-state index is 0.433. The third-order valence-corrected chi connectivity index (χ3v) is 2.66. The van der Waals surface area contributed by atoms with Crippen LogP contribution in [0.5, 0.6) is 0 Å². The minimum atomic E-state index is 0.433. The molecule has 0 spiro atoms. The van der Waals surface area contributed by atoms with E-state index in [1.165, 1.54) is 0 Å². The molecule has 2 rings (SSSR count). The zero-order valence-corrected chi connectivity index (χ0v) is 8.29. The van der Waals surface area contributed by atoms with Crippen LogP contribution in [0.1, 0.15) is 0 Å². The number of nitrogens with one attached hydrogen (secondary N) is 2. The normalized spacial score (nSPS) is 23.7. The van der Waals surface area contributed by atoms with E-state index >= 15 is 0 Å². The van der Waals surface area contributed by atoms with E-state index in [1.807, 2.05) is 0 Å². The Labute approximate surface area is 84.3 Å². The third-order valence-electron chi connectivity index (χ3n) is 2.66. The molecule has 0 aromatic heterocycles. The van der Waals surface area contributed by atoms with Crippen LogP contribution in [-0.2, 0) is 0 Å². The summed E-state index contributed by atoms with van der Waals surface area (Å²) < 4.78 is 0. The van der Waals surface area contributed by atoms with E-state index in [-0.39, 0.29) is 0 Å². The van der Waals surface area contributed by atoms with Gasteiger partial charge in [-0.3, -0.25) is 4.90 Å². The number of aliphatic hydroxyl groups is 1. The molecule has 4 heteroatoms. The number of hydrogen-bond acceptors (Lipinski definition) is 4. The first-order valence-electron chi connectivity index (χ1n) is 5.10. The summed E-state index contributed by atoms with van der Waals surface area (Å²) in [7, 11) is 0. The van der Waals surface area contributed by atoms with Crippen LogP contribution in [0.3, 0.4) is 0 Å². The van der Waals surface area contributed by atoms with Crippen molar-refractivity contribution in [2.75, 3.05) is 39.3 Å². The van der Waals surface area contributed by atoms with Gasteiger partial charge in [0.25, 0.3) is 0 Å². The van der Waals surface area contributed by atoms with Crippen LogP contribution in [0.15, 0.2) is 23.6 Å². The number of piperazine rings is 1. The number of rotatable bonds is 2. The zero-order chi connectivity index (χ0) is 9.80. The van der Waals surface area contributed by atoms with Crippen molar-refractivity contribution in [1.29, 1.82) is 0 Å². The number of hydrogen-bond donors (Lipinski definition) is 3. The molecule has 78 valence electrons. The highest BCUT2D eigenvalue weighted by molar-refractivity contribution is 5.25. The molecule has 2 aliphatic heterocycles. The summed E-state index contributed by atoms with van der Waals surface area (Å²) in [5.41, 5.74) is 1.09. The average molecular weight is 195 g/mol. The standard InChI is InChI=1S/C10H17N3O/c14-10-1-2-12-7-9(10)8-13-5-3-11-4-6-13/h1-2,11-12,14H,3-8H2. The maximum atomic E-state index is 9.61. The lowest BCUT2D eigenvalue weighted by Gasteiger charge is -2.28. The molecular formula is C10H17N3O. The van der Waals surface area contributed by atoms with Gasteiger partial charge in [0.2, 0.25) is 0 Å². The van der Waals surface area contributed by atoms with E-state index in [9.17, 15) is 5.11 Å². The predicted molar refractivity (Wildman–Crippen MR) is 56.1 cm³/mol. The molecule has 4 nitrogen and oxygen atoms in total. The van der Waals surface area contributed by atoms with Gasteiger partial charge < -0.3 is 15.7 Å². The number of dihydropyridines is 1. The SMILES string of the molecule is OC1=C(CN2CCNCC2)CNC=C1. The molecule has 0 radical (unpaired) electrons. The molecule has 0 aromatic carbocycles. The lowest BCUT2D eigenvalue weighted by molar-refractivity contribution is 0.253. The Kier molecular flexibility index (Phi) is 3.06. The second kappa shape index (κ2) is 4.48. The minimum Gasteiger partial charge on any atom is -0.508 e. The number of allylic oxidation sites excluding steroid dienone is 1. The lowest BCUT2D eigenvalue weighted by atomic mass is 10.1. The van der Waals surface area contributed by atoms with Gasteiger partial charge in [-0.15, -0.1) is 0 Å². The van der Waals surface area contributed by atoms with E-state index in [1.54, 1.807) is 12.3 Å². The summed E-state index contributed by atoms with van der Waals surface area (Å²) in [4.78, 5) is 2.36. The van der Waals surface area contributed by atoms with Crippen LogP contribution >= 0.6 is 0 Å². The van der Waals surface area contributed by atoms with Gasteiger partial charge in [0.15, 0.2) is 0 Å². The second-order valence-corrected chi connectivity index (χ2v) is 3.73. The number of aliphatic hydroxyl groups excluding tert-OH is 1. The van der Waals surface area contributed by atoms with Crippen molar-refractivity contribution >= 4 is 0 Å². The zero-order valence-electron chi connectivity index (χ0n) is 8.29. The molecule has 3 N–H and O–H groups in total. The van der Waals surface area contributed by atoms with Gasteiger partial charge in [-0.25, -0.2) is 0 Å². The fraction of sp³-hybridized carbons (Fsp3) is 0.600. The van der Waals surface area contributed by atoms with Gasteiger partial charge in [-0.2, -0.15) is 0 Å². The summed E-state index contributed by atoms with van der Waals surface area (Å²) in [5, 5.41) is 16.0. The Morgan fingerprint density at radius 1 is 1.36 bits per heavy atom. The van der Waals surface area contributed by atoms with Crippen molar-refractivity contribution in [2.45, 2.75) is 0 Å². The first-order valence-corrected chi connectivity index (χ1v) is 5.10. The molecule has 2 aliphatic rings. The quantitative estimate of drug-likeness (QED) is 0.572. The molecule has 2 heterocycles. The van der Waals surface area contributed by atoms with Crippen LogP contribution in [-0.4, -0.2) is 49.3 Å². The van der Waals surface area contributed by atoms with Crippen LogP contribution < -0.4 is 10.6 Å². The molecule has 0 bridgehead atoms. The molecule has 1 fully saturated rings. The Morgan fingerprint density at radius 2 is 2.14 bits per heavy atom. The molecule has 0 aliphatic carbocycles. The van der Waals surface area contributed by atoms with E-state index in [2.05, 4.69) is 15.5 Å². The lowest BCUT2D eigenvalue weighted by Crippen LogP contribution is -2.45. The molecule has 14 heavy (non-hydrogen) atoms. The van der Waals surface area contributed by atoms with Crippen LogP contribution in [0.4, 0.5) is 0 Å². The van der Waals surface area contributed by atoms with Gasteiger partial charge in [-0.1, -0.05) is 0 Å². The van der Waals surface area contributed by atoms with Crippen molar-refractivity contribution in [2.24, 2.45) is 0 Å². The number of nitrogens with zero attached hydrogens (tertiary/aromatic N) is 1.